The first-order chi connectivity index (χ1) is 12.1. The van der Waals surface area contributed by atoms with Crippen LogP contribution in [0, 0.1) is 6.92 Å². The lowest BCUT2D eigenvalue weighted by Crippen LogP contribution is -2.18. The number of rotatable bonds is 4. The Morgan fingerprint density at radius 2 is 1.88 bits per heavy atom. The summed E-state index contributed by atoms with van der Waals surface area (Å²) in [5, 5.41) is 5.10. The molecule has 0 aliphatic rings. The van der Waals surface area contributed by atoms with E-state index in [9.17, 15) is 4.79 Å². The van der Waals surface area contributed by atoms with Crippen molar-refractivity contribution in [1.29, 1.82) is 0 Å². The number of hydrogen-bond donors (Lipinski definition) is 1. The second-order valence-corrected chi connectivity index (χ2v) is 6.23. The van der Waals surface area contributed by atoms with Crippen molar-refractivity contribution in [2.24, 2.45) is 5.10 Å². The smallest absolute Gasteiger partial charge is 0.272 e. The summed E-state index contributed by atoms with van der Waals surface area (Å²) < 4.78 is 1.93. The molecule has 25 heavy (non-hydrogen) atoms. The summed E-state index contributed by atoms with van der Waals surface area (Å²) >= 11 is 12.2. The SMILES string of the molecule is Cc1ccc(-n2cccc2/C=N\NC(=O)c2ccccc2Cl)cc1Cl. The lowest BCUT2D eigenvalue weighted by Gasteiger charge is -2.08. The van der Waals surface area contributed by atoms with Gasteiger partial charge in [-0.25, -0.2) is 5.43 Å². The molecule has 6 heteroatoms. The van der Waals surface area contributed by atoms with E-state index < -0.39 is 0 Å². The number of carbonyl (C=O) groups is 1. The van der Waals surface area contributed by atoms with E-state index in [1.807, 2.05) is 48.0 Å². The van der Waals surface area contributed by atoms with Gasteiger partial charge in [0.1, 0.15) is 0 Å². The van der Waals surface area contributed by atoms with Crippen molar-refractivity contribution < 1.29 is 4.79 Å². The van der Waals surface area contributed by atoms with Gasteiger partial charge in [-0.1, -0.05) is 41.4 Å². The quantitative estimate of drug-likeness (QED) is 0.516. The lowest BCUT2D eigenvalue weighted by molar-refractivity contribution is 0.0955. The largest absolute Gasteiger partial charge is 0.316 e. The molecule has 4 nitrogen and oxygen atoms in total. The van der Waals surface area contributed by atoms with Crippen LogP contribution in [0.1, 0.15) is 21.6 Å². The third-order valence-corrected chi connectivity index (χ3v) is 4.43. The Hall–Kier alpha value is -2.56. The predicted molar refractivity (Wildman–Crippen MR) is 102 cm³/mol. The molecule has 3 rings (SSSR count). The maximum atomic E-state index is 12.1. The van der Waals surface area contributed by atoms with E-state index in [1.54, 1.807) is 30.5 Å². The van der Waals surface area contributed by atoms with Crippen LogP contribution in [0.15, 0.2) is 65.9 Å². The molecule has 0 spiro atoms. The molecule has 0 saturated heterocycles. The molecule has 0 aliphatic carbocycles. The summed E-state index contributed by atoms with van der Waals surface area (Å²) in [5.74, 6) is -0.363. The standard InChI is InChI=1S/C19H15Cl2N3O/c1-13-8-9-14(11-18(13)21)24-10-4-5-15(24)12-22-23-19(25)16-6-2-3-7-17(16)20/h2-12H,1H3,(H,23,25)/b22-12-. The Balaban J connectivity index is 1.77. The molecule has 1 N–H and O–H groups in total. The minimum Gasteiger partial charge on any atom is -0.316 e. The molecule has 0 saturated carbocycles. The van der Waals surface area contributed by atoms with Crippen molar-refractivity contribution in [2.75, 3.05) is 0 Å². The van der Waals surface area contributed by atoms with Crippen LogP contribution in [0.4, 0.5) is 0 Å². The number of halogens is 2. The highest BCUT2D eigenvalue weighted by Gasteiger charge is 2.08. The van der Waals surface area contributed by atoms with Crippen LogP contribution in [0.5, 0.6) is 0 Å². The summed E-state index contributed by atoms with van der Waals surface area (Å²) in [4.78, 5) is 12.1. The van der Waals surface area contributed by atoms with Gasteiger partial charge in [0.05, 0.1) is 22.5 Å². The van der Waals surface area contributed by atoms with Crippen LogP contribution in [0.25, 0.3) is 5.69 Å². The average Bonchev–Trinajstić information content (AvgIpc) is 3.06. The van der Waals surface area contributed by atoms with E-state index in [1.165, 1.54) is 0 Å². The highest BCUT2D eigenvalue weighted by molar-refractivity contribution is 6.33. The lowest BCUT2D eigenvalue weighted by atomic mass is 10.2. The summed E-state index contributed by atoms with van der Waals surface area (Å²) in [6, 6.07) is 16.4. The summed E-state index contributed by atoms with van der Waals surface area (Å²) in [6.07, 6.45) is 3.47. The minimum absolute atomic E-state index is 0.363. The maximum Gasteiger partial charge on any atom is 0.272 e. The van der Waals surface area contributed by atoms with Gasteiger partial charge in [-0.15, -0.1) is 0 Å². The molecule has 126 valence electrons. The molecule has 0 unspecified atom stereocenters. The number of nitrogens with one attached hydrogen (secondary N) is 1. The monoisotopic (exact) mass is 371 g/mol. The van der Waals surface area contributed by atoms with Crippen LogP contribution in [-0.2, 0) is 0 Å². The van der Waals surface area contributed by atoms with Crippen LogP contribution in [0.2, 0.25) is 10.0 Å². The number of hydrogen-bond acceptors (Lipinski definition) is 2. The van der Waals surface area contributed by atoms with Gasteiger partial charge in [-0.2, -0.15) is 5.10 Å². The van der Waals surface area contributed by atoms with E-state index in [2.05, 4.69) is 10.5 Å². The second-order valence-electron chi connectivity index (χ2n) is 5.42. The number of hydrazone groups is 1. The number of carbonyl (C=O) groups excluding carboxylic acids is 1. The fourth-order valence-corrected chi connectivity index (χ4v) is 2.72. The Kier molecular flexibility index (Phi) is 5.22. The summed E-state index contributed by atoms with van der Waals surface area (Å²) in [5.41, 5.74) is 5.60. The highest BCUT2D eigenvalue weighted by atomic mass is 35.5. The maximum absolute atomic E-state index is 12.1. The molecule has 1 amide bonds. The van der Waals surface area contributed by atoms with E-state index >= 15 is 0 Å². The average molecular weight is 372 g/mol. The molecular formula is C19H15Cl2N3O. The van der Waals surface area contributed by atoms with Crippen LogP contribution in [-0.4, -0.2) is 16.7 Å². The van der Waals surface area contributed by atoms with Gasteiger partial charge in [0.15, 0.2) is 0 Å². The van der Waals surface area contributed by atoms with Crippen LogP contribution >= 0.6 is 23.2 Å². The zero-order valence-electron chi connectivity index (χ0n) is 13.4. The van der Waals surface area contributed by atoms with Crippen molar-refractivity contribution in [3.05, 3.63) is 87.7 Å². The van der Waals surface area contributed by atoms with Gasteiger partial charge >= 0.3 is 0 Å². The molecule has 1 heterocycles. The van der Waals surface area contributed by atoms with Crippen molar-refractivity contribution >= 4 is 35.3 Å². The topological polar surface area (TPSA) is 46.4 Å². The molecule has 1 aromatic heterocycles. The number of benzene rings is 2. The Bertz CT molecular complexity index is 947. The third kappa shape index (κ3) is 3.92. The van der Waals surface area contributed by atoms with Gasteiger partial charge in [0.2, 0.25) is 0 Å². The zero-order valence-corrected chi connectivity index (χ0v) is 14.9. The molecule has 0 atom stereocenters. The van der Waals surface area contributed by atoms with Gasteiger partial charge < -0.3 is 4.57 Å². The van der Waals surface area contributed by atoms with E-state index in [0.717, 1.165) is 16.9 Å². The third-order valence-electron chi connectivity index (χ3n) is 3.70. The van der Waals surface area contributed by atoms with Crippen molar-refractivity contribution in [2.45, 2.75) is 6.92 Å². The normalized spacial score (nSPS) is 11.0. The van der Waals surface area contributed by atoms with E-state index in [4.69, 9.17) is 23.2 Å². The number of aryl methyl sites for hydroxylation is 1. The number of nitrogens with zero attached hydrogens (tertiary/aromatic N) is 2. The molecular weight excluding hydrogens is 357 g/mol. The Morgan fingerprint density at radius 1 is 1.08 bits per heavy atom. The fourth-order valence-electron chi connectivity index (χ4n) is 2.33. The summed E-state index contributed by atoms with van der Waals surface area (Å²) in [6.45, 7) is 1.95. The highest BCUT2D eigenvalue weighted by Crippen LogP contribution is 2.20. The molecule has 3 aromatic rings. The fraction of sp³-hybridized carbons (Fsp3) is 0.0526. The summed E-state index contributed by atoms with van der Waals surface area (Å²) in [7, 11) is 0. The Labute approximate surface area is 155 Å². The first-order valence-electron chi connectivity index (χ1n) is 7.58. The van der Waals surface area contributed by atoms with Crippen LogP contribution < -0.4 is 5.43 Å². The van der Waals surface area contributed by atoms with Gasteiger partial charge in [-0.05, 0) is 48.9 Å². The first-order valence-corrected chi connectivity index (χ1v) is 8.33. The van der Waals surface area contributed by atoms with Crippen molar-refractivity contribution in [1.82, 2.24) is 9.99 Å². The van der Waals surface area contributed by atoms with Crippen molar-refractivity contribution in [3.63, 3.8) is 0 Å². The van der Waals surface area contributed by atoms with Crippen LogP contribution in [0.3, 0.4) is 0 Å². The molecule has 0 aliphatic heterocycles. The van der Waals surface area contributed by atoms with E-state index in [-0.39, 0.29) is 5.91 Å². The molecule has 0 fully saturated rings. The molecule has 0 bridgehead atoms. The number of amides is 1. The second kappa shape index (κ2) is 7.55. The number of aromatic nitrogens is 1. The molecule has 0 radical (unpaired) electrons. The van der Waals surface area contributed by atoms with Gasteiger partial charge in [-0.3, -0.25) is 4.79 Å². The zero-order chi connectivity index (χ0) is 17.8. The van der Waals surface area contributed by atoms with Gasteiger partial charge in [0, 0.05) is 16.9 Å². The predicted octanol–water partition coefficient (Wildman–Crippen LogP) is 4.86. The van der Waals surface area contributed by atoms with Gasteiger partial charge in [0.25, 0.3) is 5.91 Å². The minimum atomic E-state index is -0.363. The Morgan fingerprint density at radius 3 is 2.64 bits per heavy atom. The molecule has 2 aromatic carbocycles. The van der Waals surface area contributed by atoms with Crippen molar-refractivity contribution in [3.8, 4) is 5.69 Å². The van der Waals surface area contributed by atoms with E-state index in [0.29, 0.717) is 15.6 Å². The first kappa shape index (κ1) is 17.3.